The number of aromatic nitrogens is 3. The summed E-state index contributed by atoms with van der Waals surface area (Å²) in [6, 6.07) is 9.50. The largest absolute Gasteiger partial charge is 0.325 e. The fourth-order valence-corrected chi connectivity index (χ4v) is 3.80. The van der Waals surface area contributed by atoms with E-state index in [9.17, 15) is 4.79 Å². The van der Waals surface area contributed by atoms with Gasteiger partial charge in [0.05, 0.1) is 15.8 Å². The van der Waals surface area contributed by atoms with Gasteiger partial charge in [-0.05, 0) is 30.0 Å². The Morgan fingerprint density at radius 2 is 2.08 bits per heavy atom. The minimum atomic E-state index is -0.101. The molecule has 3 aromatic rings. The zero-order valence-corrected chi connectivity index (χ0v) is 16.7. The van der Waals surface area contributed by atoms with Crippen molar-refractivity contribution in [1.82, 2.24) is 14.6 Å². The van der Waals surface area contributed by atoms with E-state index in [2.05, 4.69) is 29.4 Å². The molecule has 0 bridgehead atoms. The average Bonchev–Trinajstić information content (AvgIpc) is 3.03. The summed E-state index contributed by atoms with van der Waals surface area (Å²) < 4.78 is 1.69. The Labute approximate surface area is 166 Å². The van der Waals surface area contributed by atoms with Gasteiger partial charge in [0, 0.05) is 11.9 Å². The van der Waals surface area contributed by atoms with Gasteiger partial charge in [-0.1, -0.05) is 67.0 Å². The van der Waals surface area contributed by atoms with Crippen LogP contribution in [0.3, 0.4) is 0 Å². The first-order chi connectivity index (χ1) is 12.5. The summed E-state index contributed by atoms with van der Waals surface area (Å²) >= 11 is 13.4. The Morgan fingerprint density at radius 3 is 2.85 bits per heavy atom. The van der Waals surface area contributed by atoms with E-state index in [1.54, 1.807) is 16.7 Å². The number of halogens is 2. The van der Waals surface area contributed by atoms with Crippen LogP contribution in [0.4, 0.5) is 5.69 Å². The predicted molar refractivity (Wildman–Crippen MR) is 108 cm³/mol. The number of anilines is 1. The lowest BCUT2D eigenvalue weighted by Gasteiger charge is -2.15. The number of carbonyl (C=O) groups is 1. The standard InChI is InChI=1S/C18H18Cl2N4OS/c1-3-11(2)13-6-4-5-7-15(13)21-16(25)10-26-18-23-22-17-14(20)8-12(19)9-24(17)18/h4-9,11H,3,10H2,1-2H3,(H,21,25)/t11-/m1/s1. The number of rotatable bonds is 6. The molecule has 0 fully saturated rings. The summed E-state index contributed by atoms with van der Waals surface area (Å²) in [5.41, 5.74) is 2.51. The molecule has 5 nitrogen and oxygen atoms in total. The molecule has 0 radical (unpaired) electrons. The van der Waals surface area contributed by atoms with E-state index < -0.39 is 0 Å². The number of fused-ring (bicyclic) bond motifs is 1. The molecule has 0 saturated carbocycles. The van der Waals surface area contributed by atoms with Crippen LogP contribution in [0.25, 0.3) is 5.65 Å². The Bertz CT molecular complexity index is 944. The highest BCUT2D eigenvalue weighted by Crippen LogP contribution is 2.28. The maximum atomic E-state index is 12.4. The molecule has 1 amide bonds. The molecule has 1 atom stereocenters. The van der Waals surface area contributed by atoms with Crippen molar-refractivity contribution < 1.29 is 4.79 Å². The number of nitrogens with one attached hydrogen (secondary N) is 1. The van der Waals surface area contributed by atoms with Gasteiger partial charge in [0.2, 0.25) is 5.91 Å². The quantitative estimate of drug-likeness (QED) is 0.563. The van der Waals surface area contributed by atoms with Crippen molar-refractivity contribution in [2.75, 3.05) is 11.1 Å². The average molecular weight is 409 g/mol. The van der Waals surface area contributed by atoms with Crippen molar-refractivity contribution >= 4 is 52.2 Å². The van der Waals surface area contributed by atoms with Gasteiger partial charge in [-0.25, -0.2) is 0 Å². The number of pyridine rings is 1. The van der Waals surface area contributed by atoms with Gasteiger partial charge in [-0.3, -0.25) is 9.20 Å². The molecular formula is C18H18Cl2N4OS. The summed E-state index contributed by atoms with van der Waals surface area (Å²) in [4.78, 5) is 12.4. The molecule has 0 unspecified atom stereocenters. The highest BCUT2D eigenvalue weighted by molar-refractivity contribution is 7.99. The molecule has 136 valence electrons. The van der Waals surface area contributed by atoms with Crippen molar-refractivity contribution in [2.45, 2.75) is 31.3 Å². The third-order valence-corrected chi connectivity index (χ3v) is 5.53. The number of carbonyl (C=O) groups excluding carboxylic acids is 1. The summed E-state index contributed by atoms with van der Waals surface area (Å²) in [7, 11) is 0. The fraction of sp³-hybridized carbons (Fsp3) is 0.278. The summed E-state index contributed by atoms with van der Waals surface area (Å²) in [5.74, 6) is 0.485. The summed E-state index contributed by atoms with van der Waals surface area (Å²) in [6.07, 6.45) is 2.69. The van der Waals surface area contributed by atoms with Crippen LogP contribution in [0.5, 0.6) is 0 Å². The molecule has 0 aliphatic carbocycles. The van der Waals surface area contributed by atoms with E-state index in [1.807, 2.05) is 24.3 Å². The van der Waals surface area contributed by atoms with E-state index in [0.29, 0.717) is 26.8 Å². The molecular weight excluding hydrogens is 391 g/mol. The molecule has 2 aromatic heterocycles. The lowest BCUT2D eigenvalue weighted by molar-refractivity contribution is -0.113. The topological polar surface area (TPSA) is 59.3 Å². The van der Waals surface area contributed by atoms with Crippen LogP contribution in [0.2, 0.25) is 10.0 Å². The first-order valence-electron chi connectivity index (χ1n) is 8.21. The molecule has 0 aliphatic heterocycles. The van der Waals surface area contributed by atoms with Crippen molar-refractivity contribution in [1.29, 1.82) is 0 Å². The monoisotopic (exact) mass is 408 g/mol. The minimum absolute atomic E-state index is 0.101. The molecule has 1 aromatic carbocycles. The normalized spacial score (nSPS) is 12.3. The molecule has 0 saturated heterocycles. The summed E-state index contributed by atoms with van der Waals surface area (Å²) in [6.45, 7) is 4.28. The van der Waals surface area contributed by atoms with Gasteiger partial charge in [0.15, 0.2) is 10.8 Å². The fourth-order valence-electron chi connectivity index (χ4n) is 2.58. The van der Waals surface area contributed by atoms with Crippen LogP contribution in [-0.2, 0) is 4.79 Å². The van der Waals surface area contributed by atoms with Crippen molar-refractivity contribution in [3.8, 4) is 0 Å². The smallest absolute Gasteiger partial charge is 0.234 e. The number of thioether (sulfide) groups is 1. The first kappa shape index (κ1) is 19.0. The third kappa shape index (κ3) is 4.14. The van der Waals surface area contributed by atoms with Crippen molar-refractivity contribution in [3.63, 3.8) is 0 Å². The maximum absolute atomic E-state index is 12.4. The van der Waals surface area contributed by atoms with Gasteiger partial charge in [0.1, 0.15) is 0 Å². The second-order valence-electron chi connectivity index (χ2n) is 5.92. The number of nitrogens with zero attached hydrogens (tertiary/aromatic N) is 3. The maximum Gasteiger partial charge on any atom is 0.234 e. The van der Waals surface area contributed by atoms with E-state index in [1.165, 1.54) is 11.8 Å². The molecule has 0 aliphatic rings. The summed E-state index contributed by atoms with van der Waals surface area (Å²) in [5, 5.41) is 12.6. The molecule has 0 spiro atoms. The molecule has 3 rings (SSSR count). The van der Waals surface area contributed by atoms with Gasteiger partial charge in [-0.2, -0.15) is 0 Å². The highest BCUT2D eigenvalue weighted by Gasteiger charge is 2.14. The lowest BCUT2D eigenvalue weighted by atomic mass is 9.97. The van der Waals surface area contributed by atoms with E-state index in [4.69, 9.17) is 23.2 Å². The van der Waals surface area contributed by atoms with Crippen LogP contribution in [0.15, 0.2) is 41.7 Å². The van der Waals surface area contributed by atoms with Gasteiger partial charge in [-0.15, -0.1) is 10.2 Å². The number of para-hydroxylation sites is 1. The number of amides is 1. The van der Waals surface area contributed by atoms with Crippen molar-refractivity contribution in [2.24, 2.45) is 0 Å². The van der Waals surface area contributed by atoms with Crippen molar-refractivity contribution in [3.05, 3.63) is 52.1 Å². The molecule has 26 heavy (non-hydrogen) atoms. The lowest BCUT2D eigenvalue weighted by Crippen LogP contribution is -2.16. The molecule has 1 N–H and O–H groups in total. The number of hydrogen-bond acceptors (Lipinski definition) is 4. The van der Waals surface area contributed by atoms with E-state index in [-0.39, 0.29) is 11.7 Å². The third-order valence-electron chi connectivity index (χ3n) is 4.11. The Kier molecular flexibility index (Phi) is 6.06. The minimum Gasteiger partial charge on any atom is -0.325 e. The predicted octanol–water partition coefficient (Wildman–Crippen LogP) is 5.28. The highest BCUT2D eigenvalue weighted by atomic mass is 35.5. The van der Waals surface area contributed by atoms with Gasteiger partial charge < -0.3 is 5.32 Å². The molecule has 8 heteroatoms. The van der Waals surface area contributed by atoms with E-state index >= 15 is 0 Å². The first-order valence-corrected chi connectivity index (χ1v) is 9.95. The second-order valence-corrected chi connectivity index (χ2v) is 7.70. The Hall–Kier alpha value is -1.76. The SMILES string of the molecule is CC[C@@H](C)c1ccccc1NC(=O)CSc1nnc2c(Cl)cc(Cl)cn12. The zero-order chi connectivity index (χ0) is 18.7. The van der Waals surface area contributed by atoms with E-state index in [0.717, 1.165) is 17.7 Å². The van der Waals surface area contributed by atoms with Crippen LogP contribution in [0.1, 0.15) is 31.7 Å². The zero-order valence-electron chi connectivity index (χ0n) is 14.4. The van der Waals surface area contributed by atoms with Crippen LogP contribution < -0.4 is 5.32 Å². The van der Waals surface area contributed by atoms with Crippen LogP contribution >= 0.6 is 35.0 Å². The number of benzene rings is 1. The van der Waals surface area contributed by atoms with Gasteiger partial charge >= 0.3 is 0 Å². The Balaban J connectivity index is 1.71. The van der Waals surface area contributed by atoms with Crippen LogP contribution in [-0.4, -0.2) is 26.3 Å². The van der Waals surface area contributed by atoms with Crippen LogP contribution in [0, 0.1) is 0 Å². The molecule has 2 heterocycles. The number of hydrogen-bond donors (Lipinski definition) is 1. The van der Waals surface area contributed by atoms with Gasteiger partial charge in [0.25, 0.3) is 0 Å². The Morgan fingerprint density at radius 1 is 1.31 bits per heavy atom. The second kappa shape index (κ2) is 8.29.